The number of ether oxygens (including phenoxy) is 4. The van der Waals surface area contributed by atoms with E-state index < -0.39 is 0 Å². The molecule has 0 saturated heterocycles. The molecule has 2 aromatic carbocycles. The minimum absolute atomic E-state index is 0.194. The Morgan fingerprint density at radius 3 is 2.64 bits per heavy atom. The summed E-state index contributed by atoms with van der Waals surface area (Å²) < 4.78 is 26.0. The molecule has 2 N–H and O–H groups in total. The average Bonchev–Trinajstić information content (AvgIpc) is 3.29. The van der Waals surface area contributed by atoms with Crippen molar-refractivity contribution in [3.05, 3.63) is 36.5 Å². The Labute approximate surface area is 148 Å². The molecule has 0 bridgehead atoms. The van der Waals surface area contributed by atoms with Crippen LogP contribution >= 0.6 is 11.5 Å². The van der Waals surface area contributed by atoms with Gasteiger partial charge in [0.2, 0.25) is 12.5 Å². The summed E-state index contributed by atoms with van der Waals surface area (Å²) in [6.45, 7) is 0.194. The molecule has 6 nitrogen and oxygen atoms in total. The van der Waals surface area contributed by atoms with Crippen LogP contribution in [0.25, 0.3) is 21.6 Å². The lowest BCUT2D eigenvalue weighted by atomic mass is 10.0. The number of hydrogen-bond donors (Lipinski definition) is 1. The second kappa shape index (κ2) is 6.18. The molecular weight excluding hydrogens is 340 g/mol. The number of fused-ring (bicyclic) bond motifs is 1. The van der Waals surface area contributed by atoms with Gasteiger partial charge in [0, 0.05) is 17.3 Å². The molecule has 0 aliphatic carbocycles. The quantitative estimate of drug-likeness (QED) is 0.717. The Morgan fingerprint density at radius 2 is 1.88 bits per heavy atom. The maximum Gasteiger partial charge on any atom is 0.231 e. The van der Waals surface area contributed by atoms with Gasteiger partial charge in [-0.25, -0.2) is 0 Å². The van der Waals surface area contributed by atoms with Crippen LogP contribution in [-0.2, 0) is 0 Å². The van der Waals surface area contributed by atoms with Crippen LogP contribution in [0.3, 0.4) is 0 Å². The predicted octanol–water partition coefficient (Wildman–Crippen LogP) is 3.81. The van der Waals surface area contributed by atoms with Crippen LogP contribution in [0.5, 0.6) is 23.0 Å². The Hall–Kier alpha value is -2.93. The fourth-order valence-electron chi connectivity index (χ4n) is 2.82. The van der Waals surface area contributed by atoms with E-state index in [1.165, 1.54) is 11.5 Å². The number of aromatic nitrogens is 1. The Kier molecular flexibility index (Phi) is 3.85. The van der Waals surface area contributed by atoms with Crippen LogP contribution in [0.4, 0.5) is 5.69 Å². The normalized spacial score (nSPS) is 12.2. The molecule has 0 amide bonds. The molecule has 0 radical (unpaired) electrons. The van der Waals surface area contributed by atoms with E-state index >= 15 is 0 Å². The van der Waals surface area contributed by atoms with Gasteiger partial charge in [0.05, 0.1) is 24.8 Å². The minimum Gasteiger partial charge on any atom is -0.495 e. The van der Waals surface area contributed by atoms with Crippen molar-refractivity contribution in [1.29, 1.82) is 0 Å². The van der Waals surface area contributed by atoms with Crippen molar-refractivity contribution in [2.24, 2.45) is 0 Å². The highest BCUT2D eigenvalue weighted by atomic mass is 32.1. The van der Waals surface area contributed by atoms with Crippen molar-refractivity contribution < 1.29 is 18.9 Å². The number of methoxy groups -OCH3 is 2. The fraction of sp³-hybridized carbons (Fsp3) is 0.167. The molecule has 1 aromatic heterocycles. The van der Waals surface area contributed by atoms with Crippen LogP contribution in [-0.4, -0.2) is 25.4 Å². The number of nitrogen functional groups attached to an aromatic ring is 1. The Bertz CT molecular complexity index is 939. The lowest BCUT2D eigenvalue weighted by Crippen LogP contribution is -1.93. The van der Waals surface area contributed by atoms with Crippen LogP contribution in [0, 0.1) is 0 Å². The average molecular weight is 356 g/mol. The van der Waals surface area contributed by atoms with Gasteiger partial charge in [-0.05, 0) is 41.4 Å². The molecule has 7 heteroatoms. The van der Waals surface area contributed by atoms with Crippen molar-refractivity contribution in [3.63, 3.8) is 0 Å². The zero-order chi connectivity index (χ0) is 17.4. The van der Waals surface area contributed by atoms with Gasteiger partial charge in [0.25, 0.3) is 0 Å². The van der Waals surface area contributed by atoms with Gasteiger partial charge >= 0.3 is 0 Å². The highest BCUT2D eigenvalue weighted by Crippen LogP contribution is 2.46. The summed E-state index contributed by atoms with van der Waals surface area (Å²) in [6.07, 6.45) is 1.83. The first-order valence-electron chi connectivity index (χ1n) is 7.58. The van der Waals surface area contributed by atoms with Crippen LogP contribution < -0.4 is 24.7 Å². The van der Waals surface area contributed by atoms with E-state index in [0.29, 0.717) is 28.7 Å². The minimum atomic E-state index is 0.194. The van der Waals surface area contributed by atoms with E-state index in [1.54, 1.807) is 14.2 Å². The third-order valence-corrected chi connectivity index (χ3v) is 4.88. The SMILES string of the molecule is COc1ccc(-c2cnsc2-c2cc(OC)c3c(c2)OCO3)cc1N. The second-order valence-electron chi connectivity index (χ2n) is 5.44. The Morgan fingerprint density at radius 1 is 1.04 bits per heavy atom. The van der Waals surface area contributed by atoms with Crippen molar-refractivity contribution in [3.8, 4) is 44.6 Å². The largest absolute Gasteiger partial charge is 0.495 e. The van der Waals surface area contributed by atoms with Crippen molar-refractivity contribution in [2.45, 2.75) is 0 Å². The van der Waals surface area contributed by atoms with E-state index in [-0.39, 0.29) is 6.79 Å². The molecule has 0 saturated carbocycles. The zero-order valence-corrected chi connectivity index (χ0v) is 14.6. The van der Waals surface area contributed by atoms with Crippen molar-refractivity contribution >= 4 is 17.2 Å². The van der Waals surface area contributed by atoms with Gasteiger partial charge in [-0.3, -0.25) is 0 Å². The number of nitrogens with two attached hydrogens (primary N) is 1. The van der Waals surface area contributed by atoms with Gasteiger partial charge in [-0.1, -0.05) is 6.07 Å². The lowest BCUT2D eigenvalue weighted by Gasteiger charge is -2.10. The maximum absolute atomic E-state index is 6.05. The smallest absolute Gasteiger partial charge is 0.231 e. The van der Waals surface area contributed by atoms with E-state index in [2.05, 4.69) is 4.37 Å². The topological polar surface area (TPSA) is 75.8 Å². The fourth-order valence-corrected chi connectivity index (χ4v) is 3.57. The molecule has 2 heterocycles. The number of rotatable bonds is 4. The first kappa shape index (κ1) is 15.6. The van der Waals surface area contributed by atoms with Gasteiger partial charge in [0.15, 0.2) is 11.5 Å². The van der Waals surface area contributed by atoms with E-state index in [0.717, 1.165) is 21.6 Å². The maximum atomic E-state index is 6.05. The summed E-state index contributed by atoms with van der Waals surface area (Å²) in [4.78, 5) is 1.00. The molecule has 1 aliphatic rings. The lowest BCUT2D eigenvalue weighted by molar-refractivity contribution is 0.171. The summed E-state index contributed by atoms with van der Waals surface area (Å²) in [5.74, 6) is 2.59. The van der Waals surface area contributed by atoms with E-state index in [9.17, 15) is 0 Å². The van der Waals surface area contributed by atoms with Crippen LogP contribution in [0.2, 0.25) is 0 Å². The summed E-state index contributed by atoms with van der Waals surface area (Å²) in [6, 6.07) is 9.57. The highest BCUT2D eigenvalue weighted by molar-refractivity contribution is 7.10. The third-order valence-electron chi connectivity index (χ3n) is 4.03. The summed E-state index contributed by atoms with van der Waals surface area (Å²) in [5.41, 5.74) is 9.54. The van der Waals surface area contributed by atoms with Gasteiger partial charge in [0.1, 0.15) is 5.75 Å². The summed E-state index contributed by atoms with van der Waals surface area (Å²) in [7, 11) is 3.21. The summed E-state index contributed by atoms with van der Waals surface area (Å²) >= 11 is 1.40. The molecule has 128 valence electrons. The number of hydrogen-bond acceptors (Lipinski definition) is 7. The monoisotopic (exact) mass is 356 g/mol. The molecule has 0 spiro atoms. The van der Waals surface area contributed by atoms with E-state index in [1.807, 2.05) is 36.5 Å². The van der Waals surface area contributed by atoms with Gasteiger partial charge in [-0.15, -0.1) is 0 Å². The zero-order valence-electron chi connectivity index (χ0n) is 13.7. The Balaban J connectivity index is 1.82. The number of nitrogens with zero attached hydrogens (tertiary/aromatic N) is 1. The first-order chi connectivity index (χ1) is 12.2. The molecule has 3 aromatic rings. The molecule has 0 atom stereocenters. The molecular formula is C18H16N2O4S. The highest BCUT2D eigenvalue weighted by Gasteiger charge is 2.22. The van der Waals surface area contributed by atoms with Crippen LogP contribution in [0.15, 0.2) is 36.5 Å². The molecule has 0 fully saturated rings. The predicted molar refractivity (Wildman–Crippen MR) is 96.6 cm³/mol. The van der Waals surface area contributed by atoms with Crippen molar-refractivity contribution in [2.75, 3.05) is 26.7 Å². The van der Waals surface area contributed by atoms with E-state index in [4.69, 9.17) is 24.7 Å². The van der Waals surface area contributed by atoms with Gasteiger partial charge < -0.3 is 24.7 Å². The standard InChI is InChI=1S/C18H16N2O4S/c1-21-14-4-3-10(5-13(14)19)12-8-20-25-18(12)11-6-15(22-2)17-16(7-11)23-9-24-17/h3-8H,9,19H2,1-2H3. The van der Waals surface area contributed by atoms with Crippen LogP contribution in [0.1, 0.15) is 0 Å². The first-order valence-corrected chi connectivity index (χ1v) is 8.35. The molecule has 25 heavy (non-hydrogen) atoms. The molecule has 4 rings (SSSR count). The second-order valence-corrected chi connectivity index (χ2v) is 6.24. The third kappa shape index (κ3) is 2.62. The van der Waals surface area contributed by atoms with Crippen molar-refractivity contribution in [1.82, 2.24) is 4.37 Å². The molecule has 1 aliphatic heterocycles. The number of anilines is 1. The number of benzene rings is 2. The van der Waals surface area contributed by atoms with Gasteiger partial charge in [-0.2, -0.15) is 4.37 Å². The summed E-state index contributed by atoms with van der Waals surface area (Å²) in [5, 5.41) is 0. The molecule has 0 unspecified atom stereocenters.